The summed E-state index contributed by atoms with van der Waals surface area (Å²) in [4.78, 5) is 2.52. The van der Waals surface area contributed by atoms with Crippen molar-refractivity contribution in [3.63, 3.8) is 0 Å². The molecule has 57 heavy (non-hydrogen) atoms. The van der Waals surface area contributed by atoms with Crippen LogP contribution in [0.2, 0.25) is 0 Å². The zero-order valence-corrected chi connectivity index (χ0v) is 35.4. The van der Waals surface area contributed by atoms with Gasteiger partial charge in [0.15, 0.2) is 0 Å². The van der Waals surface area contributed by atoms with E-state index in [2.05, 4.69) is 226 Å². The van der Waals surface area contributed by atoms with Gasteiger partial charge in [-0.25, -0.2) is 0 Å². The minimum absolute atomic E-state index is 0.0457. The SMILES string of the molecule is CC(C)(C)c1ccc2c(c1)C(C)(C)c1cc(C(C)(C)C)cc(N(c3ccc(-c4ccccc4)cc3)c3ccc(-c4cccc5c4C(C)(C)c4ccccc4-5)cc3)c1-2. The highest BCUT2D eigenvalue weighted by atomic mass is 15.1. The average Bonchev–Trinajstić information content (AvgIpc) is 3.58. The van der Waals surface area contributed by atoms with Crippen molar-refractivity contribution in [2.45, 2.75) is 90.9 Å². The van der Waals surface area contributed by atoms with E-state index in [1.165, 1.54) is 83.6 Å². The zero-order chi connectivity index (χ0) is 40.1. The van der Waals surface area contributed by atoms with Crippen LogP contribution in [0.15, 0.2) is 152 Å². The van der Waals surface area contributed by atoms with E-state index in [4.69, 9.17) is 0 Å². The molecule has 0 saturated carbocycles. The normalized spacial score (nSPS) is 14.8. The van der Waals surface area contributed by atoms with E-state index >= 15 is 0 Å². The summed E-state index contributed by atoms with van der Waals surface area (Å²) in [6.45, 7) is 23.6. The van der Waals surface area contributed by atoms with Crippen molar-refractivity contribution in [3.8, 4) is 44.5 Å². The second kappa shape index (κ2) is 12.9. The predicted molar refractivity (Wildman–Crippen MR) is 245 cm³/mol. The third kappa shape index (κ3) is 5.97. The Labute approximate surface area is 341 Å². The molecule has 0 aromatic heterocycles. The van der Waals surface area contributed by atoms with E-state index in [1.807, 2.05) is 0 Å². The molecule has 284 valence electrons. The van der Waals surface area contributed by atoms with Crippen molar-refractivity contribution in [1.29, 1.82) is 0 Å². The largest absolute Gasteiger partial charge is 0.310 e. The first-order valence-electron chi connectivity index (χ1n) is 20.7. The van der Waals surface area contributed by atoms with Crippen molar-refractivity contribution in [3.05, 3.63) is 185 Å². The number of benzene rings is 7. The Kier molecular flexibility index (Phi) is 8.38. The van der Waals surface area contributed by atoms with E-state index in [-0.39, 0.29) is 21.7 Å². The molecule has 0 unspecified atom stereocenters. The van der Waals surface area contributed by atoms with Gasteiger partial charge in [-0.3, -0.25) is 0 Å². The van der Waals surface area contributed by atoms with Crippen LogP contribution in [0.3, 0.4) is 0 Å². The summed E-state index contributed by atoms with van der Waals surface area (Å²) >= 11 is 0. The fourth-order valence-electron chi connectivity index (χ4n) is 9.64. The Hall–Kier alpha value is -5.66. The van der Waals surface area contributed by atoms with Crippen molar-refractivity contribution in [1.82, 2.24) is 0 Å². The maximum absolute atomic E-state index is 2.52. The fraction of sp³-hybridized carbons (Fsp3) is 0.250. The van der Waals surface area contributed by atoms with E-state index in [0.29, 0.717) is 0 Å². The minimum atomic E-state index is -0.160. The van der Waals surface area contributed by atoms with Crippen molar-refractivity contribution in [2.75, 3.05) is 4.90 Å². The highest BCUT2D eigenvalue weighted by molar-refractivity contribution is 5.96. The summed E-state index contributed by atoms with van der Waals surface area (Å²) in [5.41, 5.74) is 22.0. The van der Waals surface area contributed by atoms with Gasteiger partial charge in [-0.15, -0.1) is 0 Å². The molecule has 0 radical (unpaired) electrons. The zero-order valence-electron chi connectivity index (χ0n) is 35.4. The van der Waals surface area contributed by atoms with Gasteiger partial charge in [0.2, 0.25) is 0 Å². The molecule has 0 aliphatic heterocycles. The van der Waals surface area contributed by atoms with E-state index in [0.717, 1.165) is 11.4 Å². The number of fused-ring (bicyclic) bond motifs is 6. The smallest absolute Gasteiger partial charge is 0.0546 e. The van der Waals surface area contributed by atoms with Crippen LogP contribution in [0.5, 0.6) is 0 Å². The van der Waals surface area contributed by atoms with Gasteiger partial charge in [0, 0.05) is 27.8 Å². The van der Waals surface area contributed by atoms with Crippen LogP contribution in [0.4, 0.5) is 17.1 Å². The van der Waals surface area contributed by atoms with E-state index in [9.17, 15) is 0 Å². The topological polar surface area (TPSA) is 3.24 Å². The molecule has 2 aliphatic rings. The molecule has 0 spiro atoms. The molecule has 0 N–H and O–H groups in total. The summed E-state index contributed by atoms with van der Waals surface area (Å²) in [6, 6.07) is 57.2. The fourth-order valence-corrected chi connectivity index (χ4v) is 9.64. The first-order chi connectivity index (χ1) is 27.0. The van der Waals surface area contributed by atoms with Crippen LogP contribution in [0.1, 0.15) is 103 Å². The molecule has 1 nitrogen and oxygen atoms in total. The number of hydrogen-bond donors (Lipinski definition) is 0. The second-order valence-electron chi connectivity index (χ2n) is 19.5. The lowest BCUT2D eigenvalue weighted by Gasteiger charge is -2.32. The van der Waals surface area contributed by atoms with Crippen molar-refractivity contribution < 1.29 is 0 Å². The summed E-state index contributed by atoms with van der Waals surface area (Å²) in [6.07, 6.45) is 0. The molecule has 0 atom stereocenters. The molecule has 0 bridgehead atoms. The Morgan fingerprint density at radius 2 is 0.930 bits per heavy atom. The predicted octanol–water partition coefficient (Wildman–Crippen LogP) is 15.7. The van der Waals surface area contributed by atoms with Gasteiger partial charge in [-0.05, 0) is 113 Å². The molecule has 9 rings (SSSR count). The summed E-state index contributed by atoms with van der Waals surface area (Å²) in [7, 11) is 0. The van der Waals surface area contributed by atoms with Crippen LogP contribution in [0, 0.1) is 0 Å². The monoisotopic (exact) mass is 741 g/mol. The Balaban J connectivity index is 1.25. The average molecular weight is 742 g/mol. The Morgan fingerprint density at radius 1 is 0.386 bits per heavy atom. The Bertz CT molecular complexity index is 2660. The molecule has 0 heterocycles. The molecule has 2 aliphatic carbocycles. The van der Waals surface area contributed by atoms with Crippen LogP contribution < -0.4 is 4.90 Å². The van der Waals surface area contributed by atoms with Gasteiger partial charge in [-0.1, -0.05) is 191 Å². The third-order valence-corrected chi connectivity index (χ3v) is 13.0. The lowest BCUT2D eigenvalue weighted by atomic mass is 9.77. The first-order valence-corrected chi connectivity index (χ1v) is 20.7. The maximum Gasteiger partial charge on any atom is 0.0546 e. The molecule has 1 heteroatoms. The lowest BCUT2D eigenvalue weighted by molar-refractivity contribution is 0.580. The highest BCUT2D eigenvalue weighted by Gasteiger charge is 2.41. The summed E-state index contributed by atoms with van der Waals surface area (Å²) in [5, 5.41) is 0. The van der Waals surface area contributed by atoms with E-state index < -0.39 is 0 Å². The Morgan fingerprint density at radius 3 is 1.58 bits per heavy atom. The van der Waals surface area contributed by atoms with Gasteiger partial charge in [-0.2, -0.15) is 0 Å². The minimum Gasteiger partial charge on any atom is -0.310 e. The van der Waals surface area contributed by atoms with E-state index in [1.54, 1.807) is 0 Å². The molecule has 7 aromatic carbocycles. The van der Waals surface area contributed by atoms with Gasteiger partial charge in [0.05, 0.1) is 5.69 Å². The summed E-state index contributed by atoms with van der Waals surface area (Å²) < 4.78 is 0. The molecule has 7 aromatic rings. The number of nitrogens with zero attached hydrogens (tertiary/aromatic N) is 1. The number of rotatable bonds is 5. The number of anilines is 3. The second-order valence-corrected chi connectivity index (χ2v) is 19.5. The maximum atomic E-state index is 2.52. The lowest BCUT2D eigenvalue weighted by Crippen LogP contribution is -2.20. The molecule has 0 amide bonds. The van der Waals surface area contributed by atoms with Gasteiger partial charge < -0.3 is 4.90 Å². The van der Waals surface area contributed by atoms with Crippen LogP contribution in [-0.4, -0.2) is 0 Å². The molecular formula is C56H55N. The van der Waals surface area contributed by atoms with Crippen molar-refractivity contribution >= 4 is 17.1 Å². The third-order valence-electron chi connectivity index (χ3n) is 13.0. The standard InChI is InChI=1S/C56H55N/c1-53(2,3)39-27-32-46-48(33-39)55(7,8)49-34-40(54(4,5)6)35-50(51(46)49)57(41-28-23-37(24-29-41)36-17-12-11-13-18-36)42-30-25-38(26-31-42)43-20-16-21-45-44-19-14-15-22-47(44)56(9,10)52(43)45/h11-35H,1-10H3. The molecule has 0 fully saturated rings. The highest BCUT2D eigenvalue weighted by Crippen LogP contribution is 2.57. The van der Waals surface area contributed by atoms with Crippen molar-refractivity contribution in [2.24, 2.45) is 0 Å². The van der Waals surface area contributed by atoms with Crippen LogP contribution >= 0.6 is 0 Å². The quantitative estimate of drug-likeness (QED) is 0.170. The summed E-state index contributed by atoms with van der Waals surface area (Å²) in [5.74, 6) is 0. The molecule has 0 saturated heterocycles. The van der Waals surface area contributed by atoms with Crippen LogP contribution in [0.25, 0.3) is 44.5 Å². The molecular weight excluding hydrogens is 687 g/mol. The van der Waals surface area contributed by atoms with Gasteiger partial charge in [0.1, 0.15) is 0 Å². The van der Waals surface area contributed by atoms with Gasteiger partial charge >= 0.3 is 0 Å². The van der Waals surface area contributed by atoms with Crippen LogP contribution in [-0.2, 0) is 21.7 Å². The number of hydrogen-bond acceptors (Lipinski definition) is 1. The van der Waals surface area contributed by atoms with Gasteiger partial charge in [0.25, 0.3) is 0 Å². The first kappa shape index (κ1) is 36.9.